The van der Waals surface area contributed by atoms with Gasteiger partial charge < -0.3 is 16.0 Å². The van der Waals surface area contributed by atoms with E-state index in [2.05, 4.69) is 60.2 Å². The molecule has 1 fully saturated rings. The van der Waals surface area contributed by atoms with Crippen molar-refractivity contribution in [3.63, 3.8) is 0 Å². The van der Waals surface area contributed by atoms with E-state index in [1.165, 1.54) is 24.2 Å². The van der Waals surface area contributed by atoms with E-state index in [1.807, 2.05) is 0 Å². The molecule has 0 aliphatic carbocycles. The minimum absolute atomic E-state index is 0.249. The number of nitrogens with two attached hydrogens (primary N) is 1. The molecule has 4 nitrogen and oxygen atoms in total. The maximum Gasteiger partial charge on any atom is 0.0368 e. The van der Waals surface area contributed by atoms with Crippen LogP contribution in [0, 0.1) is 0 Å². The van der Waals surface area contributed by atoms with Crippen LogP contribution in [0.3, 0.4) is 0 Å². The van der Waals surface area contributed by atoms with Crippen LogP contribution in [0.4, 0.5) is 11.4 Å². The lowest BCUT2D eigenvalue weighted by Gasteiger charge is -2.38. The molecule has 1 atom stereocenters. The summed E-state index contributed by atoms with van der Waals surface area (Å²) in [5, 5.41) is 3.45. The molecule has 1 aromatic carbocycles. The molecule has 1 heterocycles. The van der Waals surface area contributed by atoms with Gasteiger partial charge in [0, 0.05) is 56.2 Å². The molecule has 0 bridgehead atoms. The number of piperazine rings is 1. The van der Waals surface area contributed by atoms with Crippen LogP contribution in [0.2, 0.25) is 0 Å². The van der Waals surface area contributed by atoms with Crippen LogP contribution in [0.15, 0.2) is 24.3 Å². The van der Waals surface area contributed by atoms with Crippen LogP contribution in [-0.4, -0.2) is 49.7 Å². The average Bonchev–Trinajstić information content (AvgIpc) is 2.58. The van der Waals surface area contributed by atoms with Crippen molar-refractivity contribution in [3.05, 3.63) is 24.3 Å². The Bertz CT molecular complexity index is 435. The van der Waals surface area contributed by atoms with Gasteiger partial charge in [0.15, 0.2) is 0 Å². The van der Waals surface area contributed by atoms with E-state index in [-0.39, 0.29) is 6.04 Å². The Morgan fingerprint density at radius 2 is 1.74 bits per heavy atom. The van der Waals surface area contributed by atoms with Gasteiger partial charge in [0.05, 0.1) is 0 Å². The predicted molar refractivity (Wildman–Crippen MR) is 101 cm³/mol. The Labute approximate surface area is 142 Å². The van der Waals surface area contributed by atoms with E-state index in [1.54, 1.807) is 0 Å². The molecule has 1 saturated heterocycles. The van der Waals surface area contributed by atoms with Crippen molar-refractivity contribution in [1.29, 1.82) is 0 Å². The number of unbranched alkanes of at least 4 members (excludes halogenated alkanes) is 1. The first-order valence-electron chi connectivity index (χ1n) is 9.18. The summed E-state index contributed by atoms with van der Waals surface area (Å²) in [4.78, 5) is 5.03. The summed E-state index contributed by atoms with van der Waals surface area (Å²) in [6.07, 6.45) is 3.53. The van der Waals surface area contributed by atoms with Crippen molar-refractivity contribution in [2.24, 2.45) is 5.73 Å². The number of anilines is 2. The molecule has 0 amide bonds. The first-order valence-corrected chi connectivity index (χ1v) is 9.18. The predicted octanol–water partition coefficient (Wildman–Crippen LogP) is 3.15. The van der Waals surface area contributed by atoms with Gasteiger partial charge in [-0.3, -0.25) is 4.90 Å². The lowest BCUT2D eigenvalue weighted by molar-refractivity contribution is 0.209. The highest BCUT2D eigenvalue weighted by atomic mass is 15.3. The van der Waals surface area contributed by atoms with Crippen LogP contribution >= 0.6 is 0 Å². The van der Waals surface area contributed by atoms with E-state index in [9.17, 15) is 0 Å². The molecule has 1 aliphatic heterocycles. The van der Waals surface area contributed by atoms with Gasteiger partial charge >= 0.3 is 0 Å². The standard InChI is InChI=1S/C19H34N4/c1-4-5-6-17(20)15-21-18-7-9-19(10-8-18)23-13-11-22(12-14-23)16(2)3/h7-10,16-17,21H,4-6,11-15,20H2,1-3H3. The number of nitrogens with one attached hydrogen (secondary N) is 1. The SMILES string of the molecule is CCCCC(N)CNc1ccc(N2CCN(C(C)C)CC2)cc1. The fourth-order valence-electron chi connectivity index (χ4n) is 3.10. The third-order valence-corrected chi connectivity index (χ3v) is 4.77. The lowest BCUT2D eigenvalue weighted by atomic mass is 10.1. The zero-order valence-electron chi connectivity index (χ0n) is 15.1. The Morgan fingerprint density at radius 3 is 2.30 bits per heavy atom. The van der Waals surface area contributed by atoms with Gasteiger partial charge in [-0.15, -0.1) is 0 Å². The minimum Gasteiger partial charge on any atom is -0.383 e. The van der Waals surface area contributed by atoms with Crippen LogP contribution < -0.4 is 16.0 Å². The summed E-state index contributed by atoms with van der Waals surface area (Å²) in [7, 11) is 0. The smallest absolute Gasteiger partial charge is 0.0368 e. The Balaban J connectivity index is 1.78. The summed E-state index contributed by atoms with van der Waals surface area (Å²) in [5.74, 6) is 0. The van der Waals surface area contributed by atoms with Gasteiger partial charge in [0.1, 0.15) is 0 Å². The van der Waals surface area contributed by atoms with Crippen molar-refractivity contribution in [2.75, 3.05) is 42.9 Å². The molecule has 0 aromatic heterocycles. The molecule has 2 rings (SSSR count). The maximum absolute atomic E-state index is 6.12. The second kappa shape index (κ2) is 9.14. The van der Waals surface area contributed by atoms with Crippen molar-refractivity contribution < 1.29 is 0 Å². The minimum atomic E-state index is 0.249. The van der Waals surface area contributed by atoms with E-state index in [4.69, 9.17) is 5.73 Å². The van der Waals surface area contributed by atoms with E-state index in [0.29, 0.717) is 6.04 Å². The van der Waals surface area contributed by atoms with E-state index < -0.39 is 0 Å². The van der Waals surface area contributed by atoms with E-state index in [0.717, 1.165) is 39.1 Å². The molecule has 3 N–H and O–H groups in total. The molecule has 23 heavy (non-hydrogen) atoms. The summed E-state index contributed by atoms with van der Waals surface area (Å²) >= 11 is 0. The molecule has 0 radical (unpaired) electrons. The summed E-state index contributed by atoms with van der Waals surface area (Å²) < 4.78 is 0. The Morgan fingerprint density at radius 1 is 1.09 bits per heavy atom. The van der Waals surface area contributed by atoms with Gasteiger partial charge in [-0.1, -0.05) is 19.8 Å². The second-order valence-corrected chi connectivity index (χ2v) is 6.95. The second-order valence-electron chi connectivity index (χ2n) is 6.95. The van der Waals surface area contributed by atoms with Crippen LogP contribution in [0.5, 0.6) is 0 Å². The molecule has 1 aliphatic rings. The van der Waals surface area contributed by atoms with Crippen molar-refractivity contribution in [1.82, 2.24) is 4.90 Å². The van der Waals surface area contributed by atoms with Gasteiger partial charge in [0.2, 0.25) is 0 Å². The first-order chi connectivity index (χ1) is 11.1. The number of hydrogen-bond donors (Lipinski definition) is 2. The molecule has 130 valence electrons. The lowest BCUT2D eigenvalue weighted by Crippen LogP contribution is -2.48. The largest absolute Gasteiger partial charge is 0.383 e. The van der Waals surface area contributed by atoms with E-state index >= 15 is 0 Å². The molecular formula is C19H34N4. The average molecular weight is 319 g/mol. The van der Waals surface area contributed by atoms with Gasteiger partial charge in [0.25, 0.3) is 0 Å². The van der Waals surface area contributed by atoms with Crippen molar-refractivity contribution in [3.8, 4) is 0 Å². The quantitative estimate of drug-likeness (QED) is 0.773. The zero-order chi connectivity index (χ0) is 16.7. The molecule has 0 spiro atoms. The number of hydrogen-bond acceptors (Lipinski definition) is 4. The highest BCUT2D eigenvalue weighted by Crippen LogP contribution is 2.20. The number of rotatable bonds is 8. The van der Waals surface area contributed by atoms with Gasteiger partial charge in [-0.25, -0.2) is 0 Å². The Kier molecular flexibility index (Phi) is 7.18. The van der Waals surface area contributed by atoms with Crippen LogP contribution in [0.25, 0.3) is 0 Å². The monoisotopic (exact) mass is 318 g/mol. The fraction of sp³-hybridized carbons (Fsp3) is 0.684. The molecule has 1 aromatic rings. The molecule has 1 unspecified atom stereocenters. The summed E-state index contributed by atoms with van der Waals surface area (Å²) in [6, 6.07) is 9.71. The summed E-state index contributed by atoms with van der Waals surface area (Å²) in [5.41, 5.74) is 8.61. The molecular weight excluding hydrogens is 284 g/mol. The fourth-order valence-corrected chi connectivity index (χ4v) is 3.10. The highest BCUT2D eigenvalue weighted by Gasteiger charge is 2.18. The summed E-state index contributed by atoms with van der Waals surface area (Å²) in [6.45, 7) is 12.2. The first kappa shape index (κ1) is 18.1. The van der Waals surface area contributed by atoms with Gasteiger partial charge in [-0.05, 0) is 44.5 Å². The van der Waals surface area contributed by atoms with Crippen LogP contribution in [-0.2, 0) is 0 Å². The molecule has 0 saturated carbocycles. The third-order valence-electron chi connectivity index (χ3n) is 4.77. The molecule has 4 heteroatoms. The normalized spacial score (nSPS) is 17.5. The highest BCUT2D eigenvalue weighted by molar-refractivity contribution is 5.55. The third kappa shape index (κ3) is 5.70. The van der Waals surface area contributed by atoms with Crippen molar-refractivity contribution in [2.45, 2.75) is 52.1 Å². The van der Waals surface area contributed by atoms with Crippen molar-refractivity contribution >= 4 is 11.4 Å². The Hall–Kier alpha value is -1.26. The topological polar surface area (TPSA) is 44.5 Å². The number of nitrogens with zero attached hydrogens (tertiary/aromatic N) is 2. The maximum atomic E-state index is 6.12. The van der Waals surface area contributed by atoms with Crippen LogP contribution in [0.1, 0.15) is 40.0 Å². The zero-order valence-corrected chi connectivity index (χ0v) is 15.1. The number of benzene rings is 1. The van der Waals surface area contributed by atoms with Gasteiger partial charge in [-0.2, -0.15) is 0 Å².